The Bertz CT molecular complexity index is 1180. The van der Waals surface area contributed by atoms with Crippen molar-refractivity contribution in [3.05, 3.63) is 65.0 Å². The molecule has 0 spiro atoms. The first-order valence-electron chi connectivity index (χ1n) is 8.94. The van der Waals surface area contributed by atoms with E-state index in [1.807, 2.05) is 37.3 Å². The molecule has 0 fully saturated rings. The van der Waals surface area contributed by atoms with E-state index in [1.165, 1.54) is 11.3 Å². The van der Waals surface area contributed by atoms with Crippen molar-refractivity contribution in [1.29, 1.82) is 0 Å². The topological polar surface area (TPSA) is 86.5 Å². The largest absolute Gasteiger partial charge is 0.493 e. The van der Waals surface area contributed by atoms with Crippen molar-refractivity contribution < 1.29 is 18.8 Å². The molecule has 4 aromatic rings. The van der Waals surface area contributed by atoms with Gasteiger partial charge in [-0.15, -0.1) is 0 Å². The predicted molar refractivity (Wildman–Crippen MR) is 111 cm³/mol. The molecule has 2 heterocycles. The first-order chi connectivity index (χ1) is 14.0. The summed E-state index contributed by atoms with van der Waals surface area (Å²) in [7, 11) is 1.57. The number of amides is 1. The molecule has 1 N–H and O–H groups in total. The van der Waals surface area contributed by atoms with Crippen LogP contribution < -0.4 is 14.8 Å². The summed E-state index contributed by atoms with van der Waals surface area (Å²) < 4.78 is 17.4. The van der Waals surface area contributed by atoms with E-state index in [0.717, 1.165) is 15.8 Å². The standard InChI is InChI=1S/C21H19N3O4S/c1-12-8-9-15-18(10-12)29-21(22-15)23-20(25)19-14(13(2)28-24-19)11-27-17-7-5-4-6-16(17)26-3/h4-10H,11H2,1-3H3,(H,22,23,25). The van der Waals surface area contributed by atoms with Crippen LogP contribution >= 0.6 is 11.3 Å². The van der Waals surface area contributed by atoms with Crippen LogP contribution in [0, 0.1) is 13.8 Å². The summed E-state index contributed by atoms with van der Waals surface area (Å²) in [5, 5.41) is 7.23. The maximum absolute atomic E-state index is 12.8. The van der Waals surface area contributed by atoms with Gasteiger partial charge in [-0.3, -0.25) is 10.1 Å². The van der Waals surface area contributed by atoms with E-state index in [0.29, 0.717) is 28.0 Å². The number of hydrogen-bond acceptors (Lipinski definition) is 7. The van der Waals surface area contributed by atoms with Crippen LogP contribution in [0.3, 0.4) is 0 Å². The molecule has 2 aromatic heterocycles. The maximum atomic E-state index is 12.8. The van der Waals surface area contributed by atoms with Gasteiger partial charge in [-0.25, -0.2) is 4.98 Å². The molecule has 1 amide bonds. The predicted octanol–water partition coefficient (Wildman–Crippen LogP) is 4.74. The zero-order chi connectivity index (χ0) is 20.4. The first kappa shape index (κ1) is 18.9. The van der Waals surface area contributed by atoms with Crippen LogP contribution in [0.2, 0.25) is 0 Å². The number of para-hydroxylation sites is 2. The lowest BCUT2D eigenvalue weighted by molar-refractivity contribution is 0.101. The molecule has 0 aliphatic rings. The van der Waals surface area contributed by atoms with Crippen LogP contribution in [-0.2, 0) is 6.61 Å². The van der Waals surface area contributed by atoms with Gasteiger partial charge in [0, 0.05) is 0 Å². The molecule has 0 bridgehead atoms. The van der Waals surface area contributed by atoms with Gasteiger partial charge < -0.3 is 14.0 Å². The van der Waals surface area contributed by atoms with Gasteiger partial charge in [0.15, 0.2) is 22.3 Å². The van der Waals surface area contributed by atoms with Gasteiger partial charge >= 0.3 is 0 Å². The molecule has 8 heteroatoms. The molecule has 4 rings (SSSR count). The number of carbonyl (C=O) groups excluding carboxylic acids is 1. The smallest absolute Gasteiger partial charge is 0.280 e. The Labute approximate surface area is 171 Å². The highest BCUT2D eigenvalue weighted by molar-refractivity contribution is 7.22. The van der Waals surface area contributed by atoms with E-state index in [2.05, 4.69) is 15.5 Å². The number of nitrogens with one attached hydrogen (secondary N) is 1. The molecule has 29 heavy (non-hydrogen) atoms. The fourth-order valence-corrected chi connectivity index (χ4v) is 3.83. The molecule has 0 aliphatic carbocycles. The van der Waals surface area contributed by atoms with E-state index in [9.17, 15) is 4.79 Å². The number of benzene rings is 2. The minimum atomic E-state index is -0.392. The van der Waals surface area contributed by atoms with Crippen molar-refractivity contribution in [1.82, 2.24) is 10.1 Å². The summed E-state index contributed by atoms with van der Waals surface area (Å²) >= 11 is 1.41. The number of anilines is 1. The molecular formula is C21H19N3O4S. The fraction of sp³-hybridized carbons (Fsp3) is 0.190. The average Bonchev–Trinajstić information content (AvgIpc) is 3.28. The summed E-state index contributed by atoms with van der Waals surface area (Å²) in [4.78, 5) is 17.2. The van der Waals surface area contributed by atoms with E-state index in [4.69, 9.17) is 14.0 Å². The summed E-state index contributed by atoms with van der Waals surface area (Å²) in [5.74, 6) is 1.31. The molecule has 0 saturated heterocycles. The van der Waals surface area contributed by atoms with Crippen LogP contribution in [0.5, 0.6) is 11.5 Å². The molecule has 7 nitrogen and oxygen atoms in total. The highest BCUT2D eigenvalue weighted by Gasteiger charge is 2.22. The monoisotopic (exact) mass is 409 g/mol. The summed E-state index contributed by atoms with van der Waals surface area (Å²) in [6, 6.07) is 13.3. The number of carbonyl (C=O) groups is 1. The van der Waals surface area contributed by atoms with Crippen molar-refractivity contribution in [2.24, 2.45) is 0 Å². The second-order valence-corrected chi connectivity index (χ2v) is 7.48. The number of fused-ring (bicyclic) bond motifs is 1. The Kier molecular flexibility index (Phi) is 5.18. The van der Waals surface area contributed by atoms with E-state index in [-0.39, 0.29) is 12.3 Å². The minimum absolute atomic E-state index is 0.123. The molecular weight excluding hydrogens is 390 g/mol. The minimum Gasteiger partial charge on any atom is -0.493 e. The van der Waals surface area contributed by atoms with Crippen molar-refractivity contribution >= 4 is 32.6 Å². The quantitative estimate of drug-likeness (QED) is 0.495. The van der Waals surface area contributed by atoms with Gasteiger partial charge in [-0.1, -0.05) is 34.7 Å². The lowest BCUT2D eigenvalue weighted by Crippen LogP contribution is -2.15. The Morgan fingerprint density at radius 3 is 2.76 bits per heavy atom. The van der Waals surface area contributed by atoms with Crippen molar-refractivity contribution in [2.75, 3.05) is 12.4 Å². The number of aromatic nitrogens is 2. The van der Waals surface area contributed by atoms with E-state index >= 15 is 0 Å². The zero-order valence-electron chi connectivity index (χ0n) is 16.2. The van der Waals surface area contributed by atoms with Crippen molar-refractivity contribution in [3.63, 3.8) is 0 Å². The second kappa shape index (κ2) is 7.92. The van der Waals surface area contributed by atoms with Gasteiger partial charge in [-0.2, -0.15) is 0 Å². The van der Waals surface area contributed by atoms with Crippen molar-refractivity contribution in [2.45, 2.75) is 20.5 Å². The third-order valence-corrected chi connectivity index (χ3v) is 5.34. The SMILES string of the molecule is COc1ccccc1OCc1c(C(=O)Nc2nc3ccc(C)cc3s2)noc1C. The van der Waals surface area contributed by atoms with Gasteiger partial charge in [0.2, 0.25) is 0 Å². The van der Waals surface area contributed by atoms with E-state index in [1.54, 1.807) is 26.2 Å². The third kappa shape index (κ3) is 3.93. The van der Waals surface area contributed by atoms with Crippen LogP contribution in [0.1, 0.15) is 27.4 Å². The molecule has 0 saturated carbocycles. The number of methoxy groups -OCH3 is 1. The first-order valence-corrected chi connectivity index (χ1v) is 9.76. The van der Waals surface area contributed by atoms with E-state index < -0.39 is 5.91 Å². The molecule has 0 aliphatic heterocycles. The Balaban J connectivity index is 1.53. The molecule has 2 aromatic carbocycles. The maximum Gasteiger partial charge on any atom is 0.280 e. The lowest BCUT2D eigenvalue weighted by Gasteiger charge is -2.10. The molecule has 0 atom stereocenters. The van der Waals surface area contributed by atoms with Crippen LogP contribution in [-0.4, -0.2) is 23.2 Å². The van der Waals surface area contributed by atoms with Crippen LogP contribution in [0.25, 0.3) is 10.2 Å². The molecule has 148 valence electrons. The highest BCUT2D eigenvalue weighted by atomic mass is 32.1. The summed E-state index contributed by atoms with van der Waals surface area (Å²) in [6.45, 7) is 3.88. The second-order valence-electron chi connectivity index (χ2n) is 6.45. The number of ether oxygens (including phenoxy) is 2. The van der Waals surface area contributed by atoms with Gasteiger partial charge in [-0.05, 0) is 43.7 Å². The van der Waals surface area contributed by atoms with Crippen LogP contribution in [0.15, 0.2) is 47.0 Å². The Morgan fingerprint density at radius 2 is 1.97 bits per heavy atom. The highest BCUT2D eigenvalue weighted by Crippen LogP contribution is 2.29. The Morgan fingerprint density at radius 1 is 1.17 bits per heavy atom. The number of aryl methyl sites for hydroxylation is 2. The number of hydrogen-bond donors (Lipinski definition) is 1. The number of nitrogens with zero attached hydrogens (tertiary/aromatic N) is 2. The van der Waals surface area contributed by atoms with Gasteiger partial charge in [0.25, 0.3) is 5.91 Å². The van der Waals surface area contributed by atoms with Gasteiger partial charge in [0.1, 0.15) is 12.4 Å². The zero-order valence-corrected chi connectivity index (χ0v) is 17.0. The number of thiazole rings is 1. The molecule has 0 radical (unpaired) electrons. The molecule has 0 unspecified atom stereocenters. The third-order valence-electron chi connectivity index (χ3n) is 4.41. The summed E-state index contributed by atoms with van der Waals surface area (Å²) in [5.41, 5.74) is 2.73. The fourth-order valence-electron chi connectivity index (χ4n) is 2.87. The number of rotatable bonds is 6. The normalized spacial score (nSPS) is 10.9. The van der Waals surface area contributed by atoms with Crippen LogP contribution in [0.4, 0.5) is 5.13 Å². The van der Waals surface area contributed by atoms with Crippen molar-refractivity contribution in [3.8, 4) is 11.5 Å². The lowest BCUT2D eigenvalue weighted by atomic mass is 10.2. The summed E-state index contributed by atoms with van der Waals surface area (Å²) in [6.07, 6.45) is 0. The van der Waals surface area contributed by atoms with Gasteiger partial charge in [0.05, 0.1) is 22.9 Å². The average molecular weight is 409 g/mol. The Hall–Kier alpha value is -3.39.